The van der Waals surface area contributed by atoms with Gasteiger partial charge < -0.3 is 15.4 Å². The lowest BCUT2D eigenvalue weighted by Crippen LogP contribution is -2.41. The summed E-state index contributed by atoms with van der Waals surface area (Å²) >= 11 is 0. The Kier molecular flexibility index (Phi) is 5.83. The van der Waals surface area contributed by atoms with E-state index in [-0.39, 0.29) is 5.41 Å². The van der Waals surface area contributed by atoms with E-state index in [9.17, 15) is 0 Å². The molecular formula is C18H29N3O. The van der Waals surface area contributed by atoms with Crippen molar-refractivity contribution >= 4 is 5.96 Å². The zero-order valence-electron chi connectivity index (χ0n) is 14.1. The van der Waals surface area contributed by atoms with Crippen molar-refractivity contribution in [3.05, 3.63) is 35.4 Å². The zero-order valence-corrected chi connectivity index (χ0v) is 14.1. The van der Waals surface area contributed by atoms with Crippen LogP contribution >= 0.6 is 0 Å². The van der Waals surface area contributed by atoms with Crippen molar-refractivity contribution < 1.29 is 4.74 Å². The highest BCUT2D eigenvalue weighted by Gasteiger charge is 2.35. The van der Waals surface area contributed by atoms with E-state index in [1.807, 2.05) is 0 Å². The number of ether oxygens (including phenoxy) is 1. The van der Waals surface area contributed by atoms with Gasteiger partial charge in [-0.15, -0.1) is 0 Å². The summed E-state index contributed by atoms with van der Waals surface area (Å²) in [6.07, 6.45) is 2.01. The summed E-state index contributed by atoms with van der Waals surface area (Å²) in [5, 5.41) is 0. The minimum atomic E-state index is 0.0569. The van der Waals surface area contributed by atoms with Gasteiger partial charge in [-0.1, -0.05) is 24.3 Å². The number of nitrogens with zero attached hydrogens (tertiary/aromatic N) is 2. The monoisotopic (exact) mass is 303 g/mol. The van der Waals surface area contributed by atoms with Gasteiger partial charge in [-0.05, 0) is 44.7 Å². The van der Waals surface area contributed by atoms with E-state index in [2.05, 4.69) is 49.9 Å². The van der Waals surface area contributed by atoms with Gasteiger partial charge >= 0.3 is 0 Å². The lowest BCUT2D eigenvalue weighted by Gasteiger charge is -2.38. The van der Waals surface area contributed by atoms with Crippen molar-refractivity contribution in [1.82, 2.24) is 4.90 Å². The van der Waals surface area contributed by atoms with E-state index in [1.54, 1.807) is 0 Å². The quantitative estimate of drug-likeness (QED) is 0.672. The molecule has 0 aromatic heterocycles. The Bertz CT molecular complexity index is 503. The van der Waals surface area contributed by atoms with E-state index < -0.39 is 0 Å². The average Bonchev–Trinajstić information content (AvgIpc) is 2.55. The molecule has 122 valence electrons. The molecule has 1 heterocycles. The van der Waals surface area contributed by atoms with Gasteiger partial charge in [0.25, 0.3) is 0 Å². The van der Waals surface area contributed by atoms with Crippen LogP contribution in [0.5, 0.6) is 0 Å². The number of aryl methyl sites for hydroxylation is 1. The predicted octanol–water partition coefficient (Wildman–Crippen LogP) is 2.70. The van der Waals surface area contributed by atoms with Crippen molar-refractivity contribution in [3.63, 3.8) is 0 Å². The smallest absolute Gasteiger partial charge is 0.191 e. The van der Waals surface area contributed by atoms with Gasteiger partial charge in [0, 0.05) is 31.7 Å². The van der Waals surface area contributed by atoms with Crippen LogP contribution in [0.25, 0.3) is 0 Å². The normalized spacial score (nSPS) is 18.2. The molecule has 1 aromatic carbocycles. The number of guanidine groups is 1. The largest absolute Gasteiger partial charge is 0.381 e. The van der Waals surface area contributed by atoms with E-state index in [0.717, 1.165) is 45.7 Å². The second-order valence-electron chi connectivity index (χ2n) is 6.05. The topological polar surface area (TPSA) is 50.8 Å². The van der Waals surface area contributed by atoms with Crippen molar-refractivity contribution in [1.29, 1.82) is 0 Å². The number of hydrogen-bond donors (Lipinski definition) is 1. The van der Waals surface area contributed by atoms with Crippen LogP contribution in [0.4, 0.5) is 0 Å². The molecule has 4 nitrogen and oxygen atoms in total. The number of nitrogens with two attached hydrogens (primary N) is 1. The van der Waals surface area contributed by atoms with Gasteiger partial charge in [0.15, 0.2) is 5.96 Å². The Morgan fingerprint density at radius 3 is 2.45 bits per heavy atom. The molecule has 1 aliphatic rings. The summed E-state index contributed by atoms with van der Waals surface area (Å²) in [6.45, 7) is 10.5. The first kappa shape index (κ1) is 16.8. The van der Waals surface area contributed by atoms with Crippen LogP contribution in [-0.2, 0) is 10.2 Å². The Balaban J connectivity index is 2.27. The van der Waals surface area contributed by atoms with Crippen LogP contribution in [0.3, 0.4) is 0 Å². The van der Waals surface area contributed by atoms with E-state index >= 15 is 0 Å². The lowest BCUT2D eigenvalue weighted by atomic mass is 9.72. The minimum absolute atomic E-state index is 0.0569. The van der Waals surface area contributed by atoms with Crippen LogP contribution in [-0.4, -0.2) is 43.7 Å². The van der Waals surface area contributed by atoms with Crippen LogP contribution in [0.1, 0.15) is 37.8 Å². The highest BCUT2D eigenvalue weighted by molar-refractivity contribution is 5.78. The number of hydrogen-bond acceptors (Lipinski definition) is 2. The first-order chi connectivity index (χ1) is 10.6. The second kappa shape index (κ2) is 7.63. The minimum Gasteiger partial charge on any atom is -0.381 e. The Morgan fingerprint density at radius 1 is 1.23 bits per heavy atom. The van der Waals surface area contributed by atoms with E-state index in [4.69, 9.17) is 15.5 Å². The third-order valence-corrected chi connectivity index (χ3v) is 4.80. The molecule has 0 amide bonds. The molecule has 2 N–H and O–H groups in total. The van der Waals surface area contributed by atoms with Gasteiger partial charge in [0.05, 0.1) is 6.54 Å². The van der Waals surface area contributed by atoms with E-state index in [0.29, 0.717) is 5.96 Å². The van der Waals surface area contributed by atoms with Gasteiger partial charge in [0.2, 0.25) is 0 Å². The second-order valence-corrected chi connectivity index (χ2v) is 6.05. The molecule has 0 aliphatic carbocycles. The molecule has 1 fully saturated rings. The fourth-order valence-corrected chi connectivity index (χ4v) is 3.32. The molecule has 1 aromatic rings. The number of aliphatic imine (C=N–C) groups is 1. The summed E-state index contributed by atoms with van der Waals surface area (Å²) in [5.41, 5.74) is 8.96. The number of rotatable bonds is 5. The molecule has 2 rings (SSSR count). The predicted molar refractivity (Wildman–Crippen MR) is 92.3 cm³/mol. The summed E-state index contributed by atoms with van der Waals surface area (Å²) in [4.78, 5) is 6.85. The molecular weight excluding hydrogens is 274 g/mol. The molecule has 1 aliphatic heterocycles. The fourth-order valence-electron chi connectivity index (χ4n) is 3.32. The molecule has 22 heavy (non-hydrogen) atoms. The Morgan fingerprint density at radius 2 is 1.86 bits per heavy atom. The van der Waals surface area contributed by atoms with Crippen molar-refractivity contribution in [3.8, 4) is 0 Å². The molecule has 0 radical (unpaired) electrons. The highest BCUT2D eigenvalue weighted by atomic mass is 16.5. The standard InChI is InChI=1S/C18H29N3O/c1-4-21(5-2)17(19)20-14-18(10-12-22-13-11-18)16-9-7-6-8-15(16)3/h6-9H,4-5,10-14H2,1-3H3,(H2,19,20). The average molecular weight is 303 g/mol. The number of benzene rings is 1. The molecule has 0 bridgehead atoms. The van der Waals surface area contributed by atoms with Gasteiger partial charge in [0.1, 0.15) is 0 Å². The van der Waals surface area contributed by atoms with E-state index in [1.165, 1.54) is 11.1 Å². The lowest BCUT2D eigenvalue weighted by molar-refractivity contribution is 0.0528. The summed E-state index contributed by atoms with van der Waals surface area (Å²) in [7, 11) is 0. The zero-order chi connectivity index (χ0) is 16.0. The Hall–Kier alpha value is -1.55. The molecule has 0 atom stereocenters. The molecule has 0 unspecified atom stereocenters. The highest BCUT2D eigenvalue weighted by Crippen LogP contribution is 2.37. The van der Waals surface area contributed by atoms with Gasteiger partial charge in [-0.3, -0.25) is 4.99 Å². The molecule has 0 spiro atoms. The molecule has 4 heteroatoms. The van der Waals surface area contributed by atoms with Crippen LogP contribution < -0.4 is 5.73 Å². The van der Waals surface area contributed by atoms with Gasteiger partial charge in [-0.2, -0.15) is 0 Å². The van der Waals surface area contributed by atoms with Crippen LogP contribution in [0.2, 0.25) is 0 Å². The Labute approximate surface area is 134 Å². The van der Waals surface area contributed by atoms with Crippen LogP contribution in [0, 0.1) is 6.92 Å². The van der Waals surface area contributed by atoms with Crippen LogP contribution in [0.15, 0.2) is 29.3 Å². The summed E-state index contributed by atoms with van der Waals surface area (Å²) in [6, 6.07) is 8.64. The third kappa shape index (κ3) is 3.61. The fraction of sp³-hybridized carbons (Fsp3) is 0.611. The maximum atomic E-state index is 6.18. The van der Waals surface area contributed by atoms with Crippen molar-refractivity contribution in [2.45, 2.75) is 39.0 Å². The first-order valence-corrected chi connectivity index (χ1v) is 8.31. The maximum Gasteiger partial charge on any atom is 0.191 e. The van der Waals surface area contributed by atoms with Crippen molar-refractivity contribution in [2.24, 2.45) is 10.7 Å². The summed E-state index contributed by atoms with van der Waals surface area (Å²) in [5.74, 6) is 0.657. The SMILES string of the molecule is CCN(CC)C(N)=NCC1(c2ccccc2C)CCOCC1. The third-order valence-electron chi connectivity index (χ3n) is 4.80. The molecule has 0 saturated carbocycles. The maximum absolute atomic E-state index is 6.18. The summed E-state index contributed by atoms with van der Waals surface area (Å²) < 4.78 is 5.59. The molecule has 1 saturated heterocycles. The first-order valence-electron chi connectivity index (χ1n) is 8.31. The van der Waals surface area contributed by atoms with Gasteiger partial charge in [-0.25, -0.2) is 0 Å². The van der Waals surface area contributed by atoms with Crippen molar-refractivity contribution in [2.75, 3.05) is 32.8 Å².